The van der Waals surface area contributed by atoms with E-state index in [1.54, 1.807) is 0 Å². The molecule has 2 nitrogen and oxygen atoms in total. The number of anilines is 2. The Morgan fingerprint density at radius 1 is 1.11 bits per heavy atom. The van der Waals surface area contributed by atoms with E-state index >= 15 is 0 Å². The first-order chi connectivity index (χ1) is 8.61. The molecule has 2 rings (SSSR count). The summed E-state index contributed by atoms with van der Waals surface area (Å²) in [5.41, 5.74) is 0.434. The second kappa shape index (κ2) is 5.03. The van der Waals surface area contributed by atoms with Gasteiger partial charge in [-0.3, -0.25) is 0 Å². The largest absolute Gasteiger partial charge is 0.350 e. The van der Waals surface area contributed by atoms with Crippen LogP contribution in [0, 0.1) is 23.0 Å². The van der Waals surface area contributed by atoms with Gasteiger partial charge in [0.2, 0.25) is 0 Å². The van der Waals surface area contributed by atoms with Crippen LogP contribution in [-0.4, -0.2) is 0 Å². The summed E-state index contributed by atoms with van der Waals surface area (Å²) < 4.78 is 26.8. The van der Waals surface area contributed by atoms with Crippen LogP contribution >= 0.6 is 11.6 Å². The van der Waals surface area contributed by atoms with Gasteiger partial charge in [-0.25, -0.2) is 8.78 Å². The number of nitrogens with zero attached hydrogens (tertiary/aromatic N) is 1. The van der Waals surface area contributed by atoms with Crippen LogP contribution in [0.1, 0.15) is 5.56 Å². The second-order valence-electron chi connectivity index (χ2n) is 3.53. The molecule has 1 N–H and O–H groups in total. The Bertz CT molecular complexity index is 615. The van der Waals surface area contributed by atoms with Crippen molar-refractivity contribution < 1.29 is 8.78 Å². The predicted octanol–water partition coefficient (Wildman–Crippen LogP) is 4.23. The minimum atomic E-state index is -0.713. The summed E-state index contributed by atoms with van der Waals surface area (Å²) in [7, 11) is 0. The number of nitriles is 1. The number of hydrogen-bond donors (Lipinski definition) is 1. The van der Waals surface area contributed by atoms with Crippen LogP contribution in [0.3, 0.4) is 0 Å². The van der Waals surface area contributed by atoms with E-state index in [4.69, 9.17) is 16.9 Å². The standard InChI is InChI=1S/C13H7ClF2N2/c14-9-6-8(7-17)4-5-12(9)18-13-10(15)2-1-3-11(13)16/h1-6,18H. The molecule has 18 heavy (non-hydrogen) atoms. The molecule has 0 aromatic heterocycles. The Hall–Kier alpha value is -2.12. The predicted molar refractivity (Wildman–Crippen MR) is 65.8 cm³/mol. The Balaban J connectivity index is 2.38. The van der Waals surface area contributed by atoms with E-state index < -0.39 is 11.6 Å². The van der Waals surface area contributed by atoms with Gasteiger partial charge >= 0.3 is 0 Å². The van der Waals surface area contributed by atoms with Gasteiger partial charge in [-0.1, -0.05) is 17.7 Å². The molecule has 5 heteroatoms. The fourth-order valence-electron chi connectivity index (χ4n) is 1.44. The Morgan fingerprint density at radius 2 is 1.78 bits per heavy atom. The Kier molecular flexibility index (Phi) is 3.45. The fourth-order valence-corrected chi connectivity index (χ4v) is 1.67. The van der Waals surface area contributed by atoms with Crippen molar-refractivity contribution in [2.24, 2.45) is 0 Å². The van der Waals surface area contributed by atoms with E-state index in [0.29, 0.717) is 11.3 Å². The molecule has 0 spiro atoms. The molecule has 0 fully saturated rings. The van der Waals surface area contributed by atoms with Gasteiger partial charge in [0.1, 0.15) is 17.3 Å². The molecule has 2 aromatic carbocycles. The quantitative estimate of drug-likeness (QED) is 0.881. The van der Waals surface area contributed by atoms with Gasteiger partial charge in [0.25, 0.3) is 0 Å². The first-order valence-corrected chi connectivity index (χ1v) is 5.40. The summed E-state index contributed by atoms with van der Waals surface area (Å²) in [6.07, 6.45) is 0. The second-order valence-corrected chi connectivity index (χ2v) is 3.94. The first kappa shape index (κ1) is 12.3. The number of hydrogen-bond acceptors (Lipinski definition) is 2. The smallest absolute Gasteiger partial charge is 0.149 e. The molecule has 0 saturated carbocycles. The minimum absolute atomic E-state index is 0.219. The van der Waals surface area contributed by atoms with Crippen LogP contribution in [0.4, 0.5) is 20.2 Å². The van der Waals surface area contributed by atoms with E-state index in [1.165, 1.54) is 24.3 Å². The zero-order chi connectivity index (χ0) is 13.1. The molecule has 0 aliphatic heterocycles. The van der Waals surface area contributed by atoms with Crippen molar-refractivity contribution in [1.29, 1.82) is 5.26 Å². The number of rotatable bonds is 2. The highest BCUT2D eigenvalue weighted by Gasteiger charge is 2.10. The zero-order valence-corrected chi connectivity index (χ0v) is 9.80. The topological polar surface area (TPSA) is 35.8 Å². The number of para-hydroxylation sites is 1. The van der Waals surface area contributed by atoms with Gasteiger partial charge in [0.15, 0.2) is 0 Å². The van der Waals surface area contributed by atoms with E-state index in [1.807, 2.05) is 6.07 Å². The van der Waals surface area contributed by atoms with Gasteiger partial charge < -0.3 is 5.32 Å². The van der Waals surface area contributed by atoms with Crippen molar-refractivity contribution in [2.45, 2.75) is 0 Å². The van der Waals surface area contributed by atoms with Crippen molar-refractivity contribution in [2.75, 3.05) is 5.32 Å². The van der Waals surface area contributed by atoms with E-state index in [-0.39, 0.29) is 10.7 Å². The summed E-state index contributed by atoms with van der Waals surface area (Å²) >= 11 is 5.90. The number of nitrogens with one attached hydrogen (secondary N) is 1. The van der Waals surface area contributed by atoms with Crippen molar-refractivity contribution in [3.05, 3.63) is 58.6 Å². The Morgan fingerprint density at radius 3 is 2.33 bits per heavy atom. The molecule has 0 aliphatic carbocycles. The molecule has 0 bridgehead atoms. The minimum Gasteiger partial charge on any atom is -0.350 e. The maximum atomic E-state index is 13.4. The van der Waals surface area contributed by atoms with E-state index in [2.05, 4.69) is 5.32 Å². The van der Waals surface area contributed by atoms with E-state index in [9.17, 15) is 8.78 Å². The highest BCUT2D eigenvalue weighted by atomic mass is 35.5. The Labute approximate surface area is 107 Å². The van der Waals surface area contributed by atoms with Crippen LogP contribution in [0.25, 0.3) is 0 Å². The average molecular weight is 265 g/mol. The lowest BCUT2D eigenvalue weighted by Crippen LogP contribution is -1.98. The lowest BCUT2D eigenvalue weighted by atomic mass is 10.2. The summed E-state index contributed by atoms with van der Waals surface area (Å²) in [5.74, 6) is -1.43. The average Bonchev–Trinajstić information content (AvgIpc) is 2.35. The van der Waals surface area contributed by atoms with Crippen LogP contribution in [0.2, 0.25) is 5.02 Å². The van der Waals surface area contributed by atoms with Crippen molar-refractivity contribution in [3.63, 3.8) is 0 Å². The van der Waals surface area contributed by atoms with Gasteiger partial charge in [-0.15, -0.1) is 0 Å². The lowest BCUT2D eigenvalue weighted by molar-refractivity contribution is 0.591. The lowest BCUT2D eigenvalue weighted by Gasteiger charge is -2.10. The van der Waals surface area contributed by atoms with Crippen LogP contribution in [0.5, 0.6) is 0 Å². The summed E-state index contributed by atoms with van der Waals surface area (Å²) in [5, 5.41) is 11.5. The molecular formula is C13H7ClF2N2. The molecule has 0 aliphatic rings. The number of benzene rings is 2. The third-order valence-electron chi connectivity index (χ3n) is 2.32. The van der Waals surface area contributed by atoms with Gasteiger partial charge in [-0.2, -0.15) is 5.26 Å². The van der Waals surface area contributed by atoms with Gasteiger partial charge in [-0.05, 0) is 30.3 Å². The van der Waals surface area contributed by atoms with Crippen LogP contribution in [-0.2, 0) is 0 Å². The molecule has 0 amide bonds. The first-order valence-electron chi connectivity index (χ1n) is 5.02. The zero-order valence-electron chi connectivity index (χ0n) is 9.05. The SMILES string of the molecule is N#Cc1ccc(Nc2c(F)cccc2F)c(Cl)c1. The highest BCUT2D eigenvalue weighted by molar-refractivity contribution is 6.33. The molecule has 2 aromatic rings. The third-order valence-corrected chi connectivity index (χ3v) is 2.63. The normalized spacial score (nSPS) is 9.89. The third kappa shape index (κ3) is 2.41. The van der Waals surface area contributed by atoms with Crippen LogP contribution in [0.15, 0.2) is 36.4 Å². The molecular weight excluding hydrogens is 258 g/mol. The number of halogens is 3. The molecule has 0 heterocycles. The van der Waals surface area contributed by atoms with Gasteiger partial charge in [0.05, 0.1) is 22.3 Å². The summed E-state index contributed by atoms with van der Waals surface area (Å²) in [6, 6.07) is 9.90. The van der Waals surface area contributed by atoms with Crippen molar-refractivity contribution >= 4 is 23.0 Å². The fraction of sp³-hybridized carbons (Fsp3) is 0. The highest BCUT2D eigenvalue weighted by Crippen LogP contribution is 2.29. The van der Waals surface area contributed by atoms with Crippen molar-refractivity contribution in [1.82, 2.24) is 0 Å². The van der Waals surface area contributed by atoms with E-state index in [0.717, 1.165) is 12.1 Å². The maximum absolute atomic E-state index is 13.4. The van der Waals surface area contributed by atoms with Gasteiger partial charge in [0, 0.05) is 0 Å². The summed E-state index contributed by atoms with van der Waals surface area (Å²) in [6.45, 7) is 0. The van der Waals surface area contributed by atoms with Crippen LogP contribution < -0.4 is 5.32 Å². The molecule has 0 saturated heterocycles. The molecule has 0 atom stereocenters. The molecule has 90 valence electrons. The van der Waals surface area contributed by atoms with Crippen molar-refractivity contribution in [3.8, 4) is 6.07 Å². The summed E-state index contributed by atoms with van der Waals surface area (Å²) in [4.78, 5) is 0. The monoisotopic (exact) mass is 264 g/mol. The molecule has 0 radical (unpaired) electrons. The maximum Gasteiger partial charge on any atom is 0.149 e. The molecule has 0 unspecified atom stereocenters.